The maximum absolute atomic E-state index is 15.3. The van der Waals surface area contributed by atoms with Crippen LogP contribution in [-0.2, 0) is 6.42 Å². The number of carbonyl (C=O) groups excluding carboxylic acids is 1. The Balaban J connectivity index is 1.39. The normalized spacial score (nSPS) is 17.1. The number of aryl methyl sites for hydroxylation is 1. The molecule has 4 heterocycles. The van der Waals surface area contributed by atoms with Gasteiger partial charge in [-0.25, -0.2) is 19.3 Å². The van der Waals surface area contributed by atoms with E-state index in [0.717, 1.165) is 42.8 Å². The number of amides is 1. The zero-order chi connectivity index (χ0) is 24.4. The minimum absolute atomic E-state index is 0.105. The van der Waals surface area contributed by atoms with Crippen LogP contribution >= 0.6 is 0 Å². The lowest BCUT2D eigenvalue weighted by atomic mass is 9.96. The van der Waals surface area contributed by atoms with Gasteiger partial charge in [-0.1, -0.05) is 13.0 Å². The van der Waals surface area contributed by atoms with Crippen LogP contribution in [0.3, 0.4) is 0 Å². The lowest BCUT2D eigenvalue weighted by molar-refractivity contribution is 0.0640. The molecule has 1 aromatic carbocycles. The van der Waals surface area contributed by atoms with Crippen molar-refractivity contribution in [3.63, 3.8) is 0 Å². The monoisotopic (exact) mass is 474 g/mol. The van der Waals surface area contributed by atoms with Gasteiger partial charge in [-0.2, -0.15) is 0 Å². The van der Waals surface area contributed by atoms with E-state index in [0.29, 0.717) is 42.6 Å². The molecular weight excluding hydrogens is 443 g/mol. The second kappa shape index (κ2) is 10.1. The standard InChI is InChI=1S/C27H31FN6O/c1-2-23-25(19-6-8-24(29)30-16-19)26(32-17-31-23)18-5-7-21(22(28)15-18)27(35)34-13-9-20(10-14-34)33-11-3-4-12-33/h5-8,15-17,20H,2-4,9-14H2,1H3,(H2,29,30). The van der Waals surface area contributed by atoms with Gasteiger partial charge in [-0.3, -0.25) is 4.79 Å². The zero-order valence-electron chi connectivity index (χ0n) is 20.1. The smallest absolute Gasteiger partial charge is 0.256 e. The number of rotatable bonds is 5. The van der Waals surface area contributed by atoms with Crippen molar-refractivity contribution >= 4 is 11.7 Å². The molecule has 7 nitrogen and oxygen atoms in total. The molecule has 8 heteroatoms. The molecule has 0 atom stereocenters. The molecule has 2 fully saturated rings. The van der Waals surface area contributed by atoms with Gasteiger partial charge in [0.1, 0.15) is 18.0 Å². The maximum Gasteiger partial charge on any atom is 0.256 e. The Kier molecular flexibility index (Phi) is 6.72. The molecule has 0 bridgehead atoms. The Morgan fingerprint density at radius 3 is 2.43 bits per heavy atom. The molecule has 0 radical (unpaired) electrons. The molecule has 182 valence electrons. The number of nitrogens with zero attached hydrogens (tertiary/aromatic N) is 5. The van der Waals surface area contributed by atoms with Crippen molar-refractivity contribution in [1.82, 2.24) is 24.8 Å². The van der Waals surface area contributed by atoms with E-state index in [1.165, 1.54) is 25.2 Å². The van der Waals surface area contributed by atoms with Crippen LogP contribution in [0.25, 0.3) is 22.4 Å². The van der Waals surface area contributed by atoms with Crippen LogP contribution in [0, 0.1) is 5.82 Å². The Morgan fingerprint density at radius 2 is 1.77 bits per heavy atom. The molecule has 2 saturated heterocycles. The molecule has 2 aliphatic heterocycles. The second-order valence-electron chi connectivity index (χ2n) is 9.33. The van der Waals surface area contributed by atoms with Crippen molar-refractivity contribution in [2.75, 3.05) is 31.9 Å². The first-order chi connectivity index (χ1) is 17.0. The highest BCUT2D eigenvalue weighted by Gasteiger charge is 2.29. The lowest BCUT2D eigenvalue weighted by Gasteiger charge is -2.36. The van der Waals surface area contributed by atoms with Crippen molar-refractivity contribution in [3.8, 4) is 22.4 Å². The van der Waals surface area contributed by atoms with E-state index in [9.17, 15) is 4.79 Å². The summed E-state index contributed by atoms with van der Waals surface area (Å²) in [5, 5.41) is 0. The third-order valence-electron chi connectivity index (χ3n) is 7.22. The first-order valence-electron chi connectivity index (χ1n) is 12.4. The number of halogens is 1. The Bertz CT molecular complexity index is 1200. The minimum atomic E-state index is -0.535. The molecule has 0 aliphatic carbocycles. The number of pyridine rings is 1. The summed E-state index contributed by atoms with van der Waals surface area (Å²) in [5.41, 5.74) is 9.51. The average Bonchev–Trinajstić information content (AvgIpc) is 3.43. The predicted molar refractivity (Wildman–Crippen MR) is 134 cm³/mol. The maximum atomic E-state index is 15.3. The molecule has 0 spiro atoms. The minimum Gasteiger partial charge on any atom is -0.384 e. The highest BCUT2D eigenvalue weighted by atomic mass is 19.1. The highest BCUT2D eigenvalue weighted by molar-refractivity contribution is 5.95. The topological polar surface area (TPSA) is 88.2 Å². The summed E-state index contributed by atoms with van der Waals surface area (Å²) in [6.45, 7) is 5.66. The number of nitrogens with two attached hydrogens (primary N) is 1. The van der Waals surface area contributed by atoms with Crippen molar-refractivity contribution in [1.29, 1.82) is 0 Å². The molecule has 2 N–H and O–H groups in total. The largest absolute Gasteiger partial charge is 0.384 e. The molecule has 0 unspecified atom stereocenters. The quantitative estimate of drug-likeness (QED) is 0.597. The Hall–Kier alpha value is -3.39. The SMILES string of the molecule is CCc1ncnc(-c2ccc(C(=O)N3CCC(N4CCCC4)CC3)c(F)c2)c1-c1ccc(N)nc1. The van der Waals surface area contributed by atoms with Crippen LogP contribution in [0.15, 0.2) is 42.9 Å². The van der Waals surface area contributed by atoms with Crippen molar-refractivity contribution < 1.29 is 9.18 Å². The summed E-state index contributed by atoms with van der Waals surface area (Å²) in [6, 6.07) is 8.88. The van der Waals surface area contributed by atoms with Crippen LogP contribution in [0.1, 0.15) is 48.7 Å². The number of benzene rings is 1. The summed E-state index contributed by atoms with van der Waals surface area (Å²) in [5.74, 6) is -0.357. The van der Waals surface area contributed by atoms with E-state index in [1.54, 1.807) is 29.3 Å². The number of piperidine rings is 1. The van der Waals surface area contributed by atoms with Gasteiger partial charge in [0, 0.05) is 42.0 Å². The van der Waals surface area contributed by atoms with Gasteiger partial charge in [0.15, 0.2) is 0 Å². The predicted octanol–water partition coefficient (Wildman–Crippen LogP) is 4.19. The summed E-state index contributed by atoms with van der Waals surface area (Å²) in [6.07, 6.45) is 8.28. The molecule has 1 amide bonds. The number of nitrogen functional groups attached to an aromatic ring is 1. The molecule has 2 aromatic heterocycles. The van der Waals surface area contributed by atoms with Gasteiger partial charge < -0.3 is 15.5 Å². The van der Waals surface area contributed by atoms with E-state index < -0.39 is 5.82 Å². The molecule has 3 aromatic rings. The summed E-state index contributed by atoms with van der Waals surface area (Å²) < 4.78 is 15.3. The van der Waals surface area contributed by atoms with E-state index >= 15 is 4.39 Å². The van der Waals surface area contributed by atoms with Crippen molar-refractivity contribution in [2.24, 2.45) is 0 Å². The third kappa shape index (κ3) is 4.75. The molecular formula is C27H31FN6O. The van der Waals surface area contributed by atoms with E-state index in [4.69, 9.17) is 5.73 Å². The first kappa shape index (κ1) is 23.4. The van der Waals surface area contributed by atoms with E-state index in [1.807, 2.05) is 13.0 Å². The van der Waals surface area contributed by atoms with Crippen LogP contribution in [0.5, 0.6) is 0 Å². The van der Waals surface area contributed by atoms with Crippen LogP contribution in [0.4, 0.5) is 10.2 Å². The average molecular weight is 475 g/mol. The molecule has 35 heavy (non-hydrogen) atoms. The third-order valence-corrected chi connectivity index (χ3v) is 7.22. The number of carbonyl (C=O) groups is 1. The van der Waals surface area contributed by atoms with Gasteiger partial charge in [0.25, 0.3) is 5.91 Å². The fraction of sp³-hybridized carbons (Fsp3) is 0.407. The number of likely N-dealkylation sites (tertiary alicyclic amines) is 2. The lowest BCUT2D eigenvalue weighted by Crippen LogP contribution is -2.46. The molecule has 2 aliphatic rings. The first-order valence-corrected chi connectivity index (χ1v) is 12.4. The Morgan fingerprint density at radius 1 is 1.03 bits per heavy atom. The van der Waals surface area contributed by atoms with E-state index in [2.05, 4.69) is 19.9 Å². The fourth-order valence-corrected chi connectivity index (χ4v) is 5.31. The molecule has 0 saturated carbocycles. The molecule has 5 rings (SSSR count). The van der Waals surface area contributed by atoms with Gasteiger partial charge in [-0.05, 0) is 69.5 Å². The Labute approximate surface area is 205 Å². The van der Waals surface area contributed by atoms with Crippen LogP contribution < -0.4 is 5.73 Å². The van der Waals surface area contributed by atoms with Gasteiger partial charge in [0.05, 0.1) is 17.0 Å². The fourth-order valence-electron chi connectivity index (χ4n) is 5.31. The zero-order valence-corrected chi connectivity index (χ0v) is 20.1. The highest BCUT2D eigenvalue weighted by Crippen LogP contribution is 2.33. The number of anilines is 1. The van der Waals surface area contributed by atoms with E-state index in [-0.39, 0.29) is 11.5 Å². The summed E-state index contributed by atoms with van der Waals surface area (Å²) >= 11 is 0. The number of hydrogen-bond donors (Lipinski definition) is 1. The van der Waals surface area contributed by atoms with Crippen LogP contribution in [-0.4, -0.2) is 62.9 Å². The number of aromatic nitrogens is 3. The van der Waals surface area contributed by atoms with Crippen molar-refractivity contribution in [3.05, 3.63) is 59.9 Å². The second-order valence-corrected chi connectivity index (χ2v) is 9.33. The van der Waals surface area contributed by atoms with Gasteiger partial charge in [-0.15, -0.1) is 0 Å². The summed E-state index contributed by atoms with van der Waals surface area (Å²) in [4.78, 5) is 30.6. The van der Waals surface area contributed by atoms with Gasteiger partial charge in [0.2, 0.25) is 0 Å². The number of hydrogen-bond acceptors (Lipinski definition) is 6. The van der Waals surface area contributed by atoms with Crippen LogP contribution in [0.2, 0.25) is 0 Å². The summed E-state index contributed by atoms with van der Waals surface area (Å²) in [7, 11) is 0. The van der Waals surface area contributed by atoms with Crippen molar-refractivity contribution in [2.45, 2.75) is 45.1 Å². The van der Waals surface area contributed by atoms with Gasteiger partial charge >= 0.3 is 0 Å².